The first-order chi connectivity index (χ1) is 9.05. The number of rotatable bonds is 4. The predicted octanol–water partition coefficient (Wildman–Crippen LogP) is -1.63. The minimum atomic E-state index is -2.86. The van der Waals surface area contributed by atoms with Gasteiger partial charge in [-0.1, -0.05) is 0 Å². The van der Waals surface area contributed by atoms with Crippen LogP contribution in [0.25, 0.3) is 0 Å². The number of hydrogen-bond donors (Lipinski definition) is 2. The topological polar surface area (TPSA) is 72.9 Å². The van der Waals surface area contributed by atoms with Crippen LogP contribution >= 0.6 is 0 Å². The molecule has 0 spiro atoms. The molecule has 0 saturated carbocycles. The number of nitrogens with zero attached hydrogens (tertiary/aromatic N) is 2. The van der Waals surface area contributed by atoms with Crippen LogP contribution in [-0.2, 0) is 9.84 Å². The van der Waals surface area contributed by atoms with E-state index in [0.717, 1.165) is 32.7 Å². The van der Waals surface area contributed by atoms with Gasteiger partial charge in [0.25, 0.3) is 0 Å². The van der Waals surface area contributed by atoms with Gasteiger partial charge in [-0.2, -0.15) is 0 Å². The van der Waals surface area contributed by atoms with Crippen molar-refractivity contribution in [1.29, 1.82) is 0 Å². The maximum Gasteiger partial charge on any atom is 0.151 e. The van der Waals surface area contributed by atoms with Gasteiger partial charge in [0.05, 0.1) is 17.6 Å². The van der Waals surface area contributed by atoms with Crippen LogP contribution < -0.4 is 5.32 Å². The maximum atomic E-state index is 11.5. The molecule has 7 heteroatoms. The Hall–Kier alpha value is -0.210. The Kier molecular flexibility index (Phi) is 5.58. The minimum absolute atomic E-state index is 0.230. The van der Waals surface area contributed by atoms with Crippen molar-refractivity contribution in [3.63, 3.8) is 0 Å². The standard InChI is InChI=1S/C12H25N3O3S/c16-12(11-15-5-2-13-3-6-15)10-14-4-1-8-19(17,18)9-7-14/h12-13,16H,1-11H2. The van der Waals surface area contributed by atoms with Gasteiger partial charge in [-0.15, -0.1) is 0 Å². The largest absolute Gasteiger partial charge is 0.390 e. The Balaban J connectivity index is 1.73. The molecular formula is C12H25N3O3S. The number of sulfone groups is 1. The molecule has 2 aliphatic rings. The highest BCUT2D eigenvalue weighted by Gasteiger charge is 2.22. The predicted molar refractivity (Wildman–Crippen MR) is 75.0 cm³/mol. The van der Waals surface area contributed by atoms with Gasteiger partial charge in [-0.25, -0.2) is 8.42 Å². The number of piperazine rings is 1. The van der Waals surface area contributed by atoms with Crippen LogP contribution in [0, 0.1) is 0 Å². The zero-order chi connectivity index (χ0) is 13.7. The third-order valence-corrected chi connectivity index (χ3v) is 5.51. The molecule has 0 aliphatic carbocycles. The highest BCUT2D eigenvalue weighted by Crippen LogP contribution is 2.06. The van der Waals surface area contributed by atoms with Crippen LogP contribution in [0.4, 0.5) is 0 Å². The molecule has 112 valence electrons. The molecule has 6 nitrogen and oxygen atoms in total. The summed E-state index contributed by atoms with van der Waals surface area (Å²) >= 11 is 0. The van der Waals surface area contributed by atoms with Crippen LogP contribution in [0.3, 0.4) is 0 Å². The van der Waals surface area contributed by atoms with E-state index in [-0.39, 0.29) is 17.6 Å². The lowest BCUT2D eigenvalue weighted by Gasteiger charge is -2.31. The van der Waals surface area contributed by atoms with E-state index in [1.165, 1.54) is 0 Å². The fraction of sp³-hybridized carbons (Fsp3) is 1.00. The molecular weight excluding hydrogens is 266 g/mol. The zero-order valence-electron chi connectivity index (χ0n) is 11.4. The highest BCUT2D eigenvalue weighted by molar-refractivity contribution is 7.91. The van der Waals surface area contributed by atoms with Gasteiger partial charge in [0, 0.05) is 45.8 Å². The molecule has 2 aliphatic heterocycles. The van der Waals surface area contributed by atoms with Crippen LogP contribution in [0.15, 0.2) is 0 Å². The Morgan fingerprint density at radius 3 is 2.32 bits per heavy atom. The molecule has 2 fully saturated rings. The Morgan fingerprint density at radius 1 is 1.00 bits per heavy atom. The van der Waals surface area contributed by atoms with Crippen molar-refractivity contribution in [2.75, 3.05) is 63.9 Å². The minimum Gasteiger partial charge on any atom is -0.390 e. The van der Waals surface area contributed by atoms with Crippen LogP contribution in [0.5, 0.6) is 0 Å². The summed E-state index contributed by atoms with van der Waals surface area (Å²) < 4.78 is 23.0. The number of aliphatic hydroxyl groups is 1. The van der Waals surface area contributed by atoms with Crippen molar-refractivity contribution in [2.45, 2.75) is 12.5 Å². The monoisotopic (exact) mass is 291 g/mol. The molecule has 0 amide bonds. The second-order valence-corrected chi connectivity index (χ2v) is 7.81. The molecule has 0 aromatic carbocycles. The Labute approximate surface area is 115 Å². The van der Waals surface area contributed by atoms with E-state index < -0.39 is 9.84 Å². The molecule has 0 aromatic rings. The molecule has 1 unspecified atom stereocenters. The Bertz CT molecular complexity index is 368. The van der Waals surface area contributed by atoms with Crippen LogP contribution in [-0.4, -0.2) is 93.3 Å². The molecule has 2 rings (SSSR count). The van der Waals surface area contributed by atoms with E-state index in [2.05, 4.69) is 15.1 Å². The molecule has 2 N–H and O–H groups in total. The summed E-state index contributed by atoms with van der Waals surface area (Å²) in [6.07, 6.45) is 0.293. The van der Waals surface area contributed by atoms with Crippen molar-refractivity contribution >= 4 is 9.84 Å². The third kappa shape index (κ3) is 5.35. The number of hydrogen-bond acceptors (Lipinski definition) is 6. The molecule has 2 saturated heterocycles. The van der Waals surface area contributed by atoms with Crippen LogP contribution in [0.2, 0.25) is 0 Å². The quantitative estimate of drug-likeness (QED) is 0.648. The maximum absolute atomic E-state index is 11.5. The van der Waals surface area contributed by atoms with Gasteiger partial charge < -0.3 is 10.4 Å². The lowest BCUT2D eigenvalue weighted by Crippen LogP contribution is -2.48. The summed E-state index contributed by atoms with van der Waals surface area (Å²) in [6.45, 7) is 6.52. The average Bonchev–Trinajstić information content (AvgIpc) is 2.52. The summed E-state index contributed by atoms with van der Waals surface area (Å²) in [4.78, 5) is 4.34. The smallest absolute Gasteiger partial charge is 0.151 e. The van der Waals surface area contributed by atoms with Gasteiger partial charge in [-0.3, -0.25) is 9.80 Å². The normalized spacial score (nSPS) is 27.8. The van der Waals surface area contributed by atoms with Crippen molar-refractivity contribution in [3.8, 4) is 0 Å². The van der Waals surface area contributed by atoms with Gasteiger partial charge in [0.15, 0.2) is 9.84 Å². The van der Waals surface area contributed by atoms with E-state index in [9.17, 15) is 13.5 Å². The van der Waals surface area contributed by atoms with E-state index in [0.29, 0.717) is 26.1 Å². The zero-order valence-corrected chi connectivity index (χ0v) is 12.2. The van der Waals surface area contributed by atoms with Crippen molar-refractivity contribution < 1.29 is 13.5 Å². The van der Waals surface area contributed by atoms with Gasteiger partial charge >= 0.3 is 0 Å². The van der Waals surface area contributed by atoms with Crippen LogP contribution in [0.1, 0.15) is 6.42 Å². The van der Waals surface area contributed by atoms with E-state index in [1.807, 2.05) is 0 Å². The molecule has 2 heterocycles. The fourth-order valence-electron chi connectivity index (χ4n) is 2.72. The van der Waals surface area contributed by atoms with E-state index in [1.54, 1.807) is 0 Å². The van der Waals surface area contributed by atoms with Crippen molar-refractivity contribution in [3.05, 3.63) is 0 Å². The van der Waals surface area contributed by atoms with Gasteiger partial charge in [0.2, 0.25) is 0 Å². The molecule has 19 heavy (non-hydrogen) atoms. The second-order valence-electron chi connectivity index (χ2n) is 5.51. The molecule has 0 bridgehead atoms. The molecule has 0 aromatic heterocycles. The van der Waals surface area contributed by atoms with E-state index >= 15 is 0 Å². The first-order valence-corrected chi connectivity index (χ1v) is 8.91. The van der Waals surface area contributed by atoms with Gasteiger partial charge in [0.1, 0.15) is 0 Å². The summed E-state index contributed by atoms with van der Waals surface area (Å²) in [5.74, 6) is 0.519. The summed E-state index contributed by atoms with van der Waals surface area (Å²) in [5, 5.41) is 13.4. The Morgan fingerprint density at radius 2 is 1.63 bits per heavy atom. The summed E-state index contributed by atoms with van der Waals surface area (Å²) in [6, 6.07) is 0. The second kappa shape index (κ2) is 6.99. The third-order valence-electron chi connectivity index (χ3n) is 3.80. The van der Waals surface area contributed by atoms with E-state index in [4.69, 9.17) is 0 Å². The van der Waals surface area contributed by atoms with Gasteiger partial charge in [-0.05, 0) is 13.0 Å². The number of nitrogens with one attached hydrogen (secondary N) is 1. The molecule has 1 atom stereocenters. The van der Waals surface area contributed by atoms with Crippen molar-refractivity contribution in [1.82, 2.24) is 15.1 Å². The summed E-state index contributed by atoms with van der Waals surface area (Å²) in [7, 11) is -2.86. The first kappa shape index (κ1) is 15.2. The summed E-state index contributed by atoms with van der Waals surface area (Å²) in [5.41, 5.74) is 0. The number of β-amino-alcohol motifs (C(OH)–C–C–N with tert-alkyl or cyclic N) is 1. The lowest BCUT2D eigenvalue weighted by molar-refractivity contribution is 0.0718. The fourth-order valence-corrected chi connectivity index (χ4v) is 4.03. The SMILES string of the molecule is O=S1(=O)CCCN(CC(O)CN2CCNCC2)CC1. The highest BCUT2D eigenvalue weighted by atomic mass is 32.2. The lowest BCUT2D eigenvalue weighted by atomic mass is 10.2. The number of aliphatic hydroxyl groups excluding tert-OH is 1. The average molecular weight is 291 g/mol. The first-order valence-electron chi connectivity index (χ1n) is 7.09. The van der Waals surface area contributed by atoms with Crippen molar-refractivity contribution in [2.24, 2.45) is 0 Å². The molecule has 0 radical (unpaired) electrons.